The summed E-state index contributed by atoms with van der Waals surface area (Å²) in [5.41, 5.74) is 2.48. The van der Waals surface area contributed by atoms with Crippen LogP contribution < -0.4 is 5.32 Å². The van der Waals surface area contributed by atoms with Gasteiger partial charge in [-0.05, 0) is 50.3 Å². The highest BCUT2D eigenvalue weighted by Crippen LogP contribution is 2.41. The molecule has 2 rings (SSSR count). The van der Waals surface area contributed by atoms with Crippen LogP contribution in [0.4, 0.5) is 5.69 Å². The summed E-state index contributed by atoms with van der Waals surface area (Å²) < 4.78 is 14.0. The Morgan fingerprint density at radius 1 is 1.33 bits per heavy atom. The monoisotopic (exact) mass is 368 g/mol. The normalized spacial score (nSPS) is 20.0. The molecule has 1 atom stereocenters. The molecule has 0 spiro atoms. The Hall–Kier alpha value is -1.12. The second kappa shape index (κ2) is 4.69. The van der Waals surface area contributed by atoms with Crippen molar-refractivity contribution in [3.8, 4) is 6.07 Å². The lowest BCUT2D eigenvalue weighted by Crippen LogP contribution is -2.43. The lowest BCUT2D eigenvalue weighted by molar-refractivity contribution is 0.667. The van der Waals surface area contributed by atoms with Crippen molar-refractivity contribution < 1.29 is 4.21 Å². The van der Waals surface area contributed by atoms with E-state index in [0.29, 0.717) is 0 Å². The van der Waals surface area contributed by atoms with Crippen molar-refractivity contribution >= 4 is 36.3 Å². The highest BCUT2D eigenvalue weighted by Gasteiger charge is 2.38. The third-order valence-corrected chi connectivity index (χ3v) is 5.93. The summed E-state index contributed by atoms with van der Waals surface area (Å²) in [5.74, 6) is 0. The van der Waals surface area contributed by atoms with Crippen LogP contribution in [-0.2, 0) is 9.07 Å². The van der Waals surface area contributed by atoms with Crippen LogP contribution in [0.3, 0.4) is 0 Å². The number of rotatable bonds is 2. The van der Waals surface area contributed by atoms with Gasteiger partial charge in [-0.1, -0.05) is 37.1 Å². The van der Waals surface area contributed by atoms with Crippen LogP contribution in [0.5, 0.6) is 0 Å². The molecule has 5 heteroatoms. The maximum atomic E-state index is 13.0. The molecule has 0 saturated carbocycles. The maximum Gasteiger partial charge on any atom is 0.126 e. The molecule has 21 heavy (non-hydrogen) atoms. The average Bonchev–Trinajstić information content (AvgIpc) is 2.24. The molecule has 3 nitrogen and oxygen atoms in total. The van der Waals surface area contributed by atoms with E-state index in [2.05, 4.69) is 27.3 Å². The van der Waals surface area contributed by atoms with Gasteiger partial charge < -0.3 is 5.32 Å². The summed E-state index contributed by atoms with van der Waals surface area (Å²) in [7, 11) is -3.05. The van der Waals surface area contributed by atoms with Crippen LogP contribution in [0.15, 0.2) is 28.7 Å². The van der Waals surface area contributed by atoms with Crippen molar-refractivity contribution in [3.63, 3.8) is 0 Å². The molecule has 1 unspecified atom stereocenters. The number of halogens is 1. The van der Waals surface area contributed by atoms with Gasteiger partial charge in [0, 0.05) is 15.7 Å². The van der Waals surface area contributed by atoms with E-state index in [4.69, 9.17) is 0 Å². The zero-order valence-electron chi connectivity index (χ0n) is 13.0. The Kier molecular flexibility index (Phi) is 3.63. The number of fused-ring (bicyclic) bond motifs is 1. The number of benzene rings is 1. The third-order valence-electron chi connectivity index (χ3n) is 3.47. The minimum atomic E-state index is -3.05. The first-order chi connectivity index (χ1) is 9.40. The lowest BCUT2D eigenvalue weighted by Gasteiger charge is -2.40. The van der Waals surface area contributed by atoms with Gasteiger partial charge in [0.1, 0.15) is 5.25 Å². The zero-order chi connectivity index (χ0) is 16.1. The third kappa shape index (κ3) is 3.38. The summed E-state index contributed by atoms with van der Waals surface area (Å²) in [4.78, 5) is 0. The molecule has 1 aliphatic rings. The minimum absolute atomic E-state index is 0.288. The first kappa shape index (κ1) is 16.3. The molecule has 0 amide bonds. The van der Waals surface area contributed by atoms with Gasteiger partial charge in [0.25, 0.3) is 0 Å². The molecule has 114 valence electrons. The average molecular weight is 369 g/mol. The highest BCUT2D eigenvalue weighted by molar-refractivity contribution is 9.10. The first-order valence-corrected chi connectivity index (χ1v) is 10.7. The number of nitrogens with zero attached hydrogens (tertiary/aromatic N) is 1. The van der Waals surface area contributed by atoms with Crippen LogP contribution in [0.1, 0.15) is 19.4 Å². The summed E-state index contributed by atoms with van der Waals surface area (Å²) in [5, 5.41) is 12.5. The zero-order valence-corrected chi connectivity index (χ0v) is 15.4. The molecule has 1 aliphatic heterocycles. The summed E-state index contributed by atoms with van der Waals surface area (Å²) >= 11 is 3.47. The Labute approximate surface area is 135 Å². The van der Waals surface area contributed by atoms with Crippen LogP contribution in [-0.4, -0.2) is 33.8 Å². The van der Waals surface area contributed by atoms with Gasteiger partial charge in [0.2, 0.25) is 0 Å². The predicted octanol–water partition coefficient (Wildman–Crippen LogP) is 3.64. The molecule has 0 aromatic heterocycles. The molecule has 0 saturated heterocycles. The van der Waals surface area contributed by atoms with Gasteiger partial charge in [-0.15, -0.1) is 0 Å². The smallest absolute Gasteiger partial charge is 0.126 e. The van der Waals surface area contributed by atoms with Crippen molar-refractivity contribution in [3.05, 3.63) is 34.3 Å². The van der Waals surface area contributed by atoms with E-state index < -0.39 is 14.3 Å². The molecular formula is C16H21BrN2OS. The van der Waals surface area contributed by atoms with Crippen LogP contribution in [0.25, 0.3) is 5.57 Å². The lowest BCUT2D eigenvalue weighted by atomic mass is 9.89. The van der Waals surface area contributed by atoms with E-state index in [1.54, 1.807) is 18.8 Å². The topological polar surface area (TPSA) is 52.9 Å². The van der Waals surface area contributed by atoms with E-state index in [1.165, 1.54) is 0 Å². The number of hydrogen-bond donors (Lipinski definition) is 1. The Morgan fingerprint density at radius 2 is 1.95 bits per heavy atom. The van der Waals surface area contributed by atoms with Crippen LogP contribution in [0.2, 0.25) is 0 Å². The van der Waals surface area contributed by atoms with E-state index in [9.17, 15) is 9.47 Å². The molecule has 1 aromatic rings. The molecule has 0 aliphatic carbocycles. The molecule has 0 bridgehead atoms. The fraction of sp³-hybridized carbons (Fsp3) is 0.438. The maximum absolute atomic E-state index is 13.0. The second-order valence-electron chi connectivity index (χ2n) is 7.17. The van der Waals surface area contributed by atoms with E-state index in [0.717, 1.165) is 21.3 Å². The molecule has 1 N–H and O–H groups in total. The molecule has 1 heterocycles. The number of nitrogens with one attached hydrogen (secondary N) is 1. The largest absolute Gasteiger partial charge is 0.376 e. The number of nitriles is 1. The Balaban J connectivity index is 2.70. The fourth-order valence-electron chi connectivity index (χ4n) is 2.62. The SMILES string of the molecule is CC1(C)C=C(C(C#N)S(C)(C)(C)=O)c2ccc(Br)cc2N1. The molecule has 0 fully saturated rings. The van der Waals surface area contributed by atoms with Gasteiger partial charge in [0.05, 0.1) is 11.6 Å². The highest BCUT2D eigenvalue weighted by atomic mass is 79.9. The van der Waals surface area contributed by atoms with Crippen LogP contribution in [0, 0.1) is 11.3 Å². The molecule has 0 radical (unpaired) electrons. The summed E-state index contributed by atoms with van der Waals surface area (Å²) in [6.45, 7) is 4.09. The van der Waals surface area contributed by atoms with Crippen molar-refractivity contribution in [2.24, 2.45) is 0 Å². The summed E-state index contributed by atoms with van der Waals surface area (Å²) in [6, 6.07) is 8.18. The van der Waals surface area contributed by atoms with Gasteiger partial charge in [-0.25, -0.2) is 0 Å². The van der Waals surface area contributed by atoms with Gasteiger partial charge >= 0.3 is 0 Å². The van der Waals surface area contributed by atoms with E-state index in [-0.39, 0.29) is 5.54 Å². The first-order valence-electron chi connectivity index (χ1n) is 6.68. The number of anilines is 1. The van der Waals surface area contributed by atoms with Crippen molar-refractivity contribution in [1.82, 2.24) is 0 Å². The molecular weight excluding hydrogens is 348 g/mol. The minimum Gasteiger partial charge on any atom is -0.376 e. The predicted molar refractivity (Wildman–Crippen MR) is 95.1 cm³/mol. The van der Waals surface area contributed by atoms with Crippen LogP contribution >= 0.6 is 15.9 Å². The van der Waals surface area contributed by atoms with E-state index in [1.807, 2.05) is 38.1 Å². The second-order valence-corrected chi connectivity index (χ2v) is 13.6. The number of hydrogen-bond acceptors (Lipinski definition) is 3. The Bertz CT molecular complexity index is 726. The van der Waals surface area contributed by atoms with E-state index >= 15 is 0 Å². The van der Waals surface area contributed by atoms with Crippen molar-refractivity contribution in [1.29, 1.82) is 5.26 Å². The van der Waals surface area contributed by atoms with Crippen molar-refractivity contribution in [2.75, 3.05) is 24.1 Å². The van der Waals surface area contributed by atoms with Gasteiger partial charge in [-0.2, -0.15) is 5.26 Å². The molecule has 1 aromatic carbocycles. The fourth-order valence-corrected chi connectivity index (χ4v) is 4.40. The Morgan fingerprint density at radius 3 is 2.48 bits per heavy atom. The summed E-state index contributed by atoms with van der Waals surface area (Å²) in [6.07, 6.45) is 7.11. The quantitative estimate of drug-likeness (QED) is 0.866. The standard InChI is InChI=1S/C16H21BrN2OS/c1-16(2)9-13(15(10-18)21(3,4,5)20)12-7-6-11(17)8-14(12)19-16/h6-9,15,19H,1-5H3. The van der Waals surface area contributed by atoms with Gasteiger partial charge in [-0.3, -0.25) is 4.21 Å². The van der Waals surface area contributed by atoms with Gasteiger partial charge in [0.15, 0.2) is 0 Å². The van der Waals surface area contributed by atoms with Crippen molar-refractivity contribution in [2.45, 2.75) is 24.6 Å².